The van der Waals surface area contributed by atoms with Crippen LogP contribution in [0.4, 0.5) is 0 Å². The van der Waals surface area contributed by atoms with Crippen molar-refractivity contribution in [2.75, 3.05) is 14.2 Å². The fourth-order valence-electron chi connectivity index (χ4n) is 2.91. The highest BCUT2D eigenvalue weighted by Crippen LogP contribution is 2.34. The monoisotopic (exact) mass is 330 g/mol. The van der Waals surface area contributed by atoms with Gasteiger partial charge in [-0.25, -0.2) is 9.97 Å². The maximum atomic E-state index is 9.08. The van der Waals surface area contributed by atoms with Crippen LogP contribution in [0.25, 0.3) is 33.1 Å². The lowest BCUT2D eigenvalue weighted by Crippen LogP contribution is -1.91. The Balaban J connectivity index is 1.91. The second-order valence-corrected chi connectivity index (χ2v) is 5.54. The predicted molar refractivity (Wildman–Crippen MR) is 94.6 cm³/mol. The number of methoxy groups -OCH3 is 2. The molecular weight excluding hydrogens is 316 g/mol. The summed E-state index contributed by atoms with van der Waals surface area (Å²) in [6.45, 7) is 0. The molecule has 0 spiro atoms. The third-order valence-electron chi connectivity index (χ3n) is 4.17. The number of nitriles is 1. The van der Waals surface area contributed by atoms with Gasteiger partial charge in [0.2, 0.25) is 0 Å². The van der Waals surface area contributed by atoms with Gasteiger partial charge in [0, 0.05) is 22.5 Å². The summed E-state index contributed by atoms with van der Waals surface area (Å²) < 4.78 is 10.7. The van der Waals surface area contributed by atoms with Crippen molar-refractivity contribution in [3.8, 4) is 28.7 Å². The van der Waals surface area contributed by atoms with Crippen LogP contribution in [0, 0.1) is 11.3 Å². The summed E-state index contributed by atoms with van der Waals surface area (Å²) in [6, 6.07) is 11.6. The summed E-state index contributed by atoms with van der Waals surface area (Å²) in [4.78, 5) is 11.8. The number of H-pyrrole nitrogens is 1. The van der Waals surface area contributed by atoms with Crippen molar-refractivity contribution in [1.29, 1.82) is 5.26 Å². The Morgan fingerprint density at radius 1 is 0.920 bits per heavy atom. The van der Waals surface area contributed by atoms with Crippen LogP contribution in [-0.4, -0.2) is 29.2 Å². The Morgan fingerprint density at radius 2 is 1.76 bits per heavy atom. The molecule has 0 aliphatic rings. The summed E-state index contributed by atoms with van der Waals surface area (Å²) in [7, 11) is 3.22. The lowest BCUT2D eigenvalue weighted by atomic mass is 10.1. The number of nitrogens with zero attached hydrogens (tertiary/aromatic N) is 3. The molecule has 3 heterocycles. The molecule has 0 amide bonds. The molecule has 0 saturated carbocycles. The van der Waals surface area contributed by atoms with E-state index in [0.29, 0.717) is 17.2 Å². The number of ether oxygens (including phenoxy) is 2. The lowest BCUT2D eigenvalue weighted by Gasteiger charge is -2.09. The molecule has 25 heavy (non-hydrogen) atoms. The highest BCUT2D eigenvalue weighted by atomic mass is 16.5. The third kappa shape index (κ3) is 2.42. The van der Waals surface area contributed by atoms with E-state index in [9.17, 15) is 0 Å². The summed E-state index contributed by atoms with van der Waals surface area (Å²) in [6.07, 6.45) is 3.46. The van der Waals surface area contributed by atoms with Crippen molar-refractivity contribution in [3.05, 3.63) is 48.4 Å². The molecular formula is C19H14N4O2. The van der Waals surface area contributed by atoms with Crippen LogP contribution in [0.3, 0.4) is 0 Å². The summed E-state index contributed by atoms with van der Waals surface area (Å²) >= 11 is 0. The minimum atomic E-state index is 0.380. The van der Waals surface area contributed by atoms with E-state index >= 15 is 0 Å². The second-order valence-electron chi connectivity index (χ2n) is 5.54. The Bertz CT molecular complexity index is 1140. The maximum Gasteiger partial charge on any atom is 0.161 e. The topological polar surface area (TPSA) is 83.8 Å². The molecule has 0 bridgehead atoms. The number of hydrogen-bond acceptors (Lipinski definition) is 5. The van der Waals surface area contributed by atoms with E-state index in [0.717, 1.165) is 33.1 Å². The molecule has 0 saturated heterocycles. The molecule has 0 unspecified atom stereocenters. The number of benzene rings is 1. The zero-order valence-corrected chi connectivity index (χ0v) is 13.7. The van der Waals surface area contributed by atoms with Crippen molar-refractivity contribution in [3.63, 3.8) is 0 Å². The van der Waals surface area contributed by atoms with Crippen LogP contribution < -0.4 is 9.47 Å². The van der Waals surface area contributed by atoms with Gasteiger partial charge in [-0.05, 0) is 29.8 Å². The molecule has 0 radical (unpaired) electrons. The van der Waals surface area contributed by atoms with Crippen LogP contribution in [0.5, 0.6) is 11.5 Å². The number of aromatic nitrogens is 3. The Labute approximate surface area is 143 Å². The first-order valence-corrected chi connectivity index (χ1v) is 7.63. The van der Waals surface area contributed by atoms with E-state index in [2.05, 4.69) is 21.0 Å². The molecule has 1 N–H and O–H groups in total. The summed E-state index contributed by atoms with van der Waals surface area (Å²) in [5.74, 6) is 1.34. The van der Waals surface area contributed by atoms with Crippen molar-refractivity contribution >= 4 is 21.9 Å². The molecule has 3 aromatic heterocycles. The van der Waals surface area contributed by atoms with Gasteiger partial charge in [-0.15, -0.1) is 0 Å². The fourth-order valence-corrected chi connectivity index (χ4v) is 2.91. The van der Waals surface area contributed by atoms with Gasteiger partial charge in [0.15, 0.2) is 11.5 Å². The summed E-state index contributed by atoms with van der Waals surface area (Å²) in [5.41, 5.74) is 3.91. The normalized spacial score (nSPS) is 10.8. The van der Waals surface area contributed by atoms with Crippen LogP contribution in [0.1, 0.15) is 5.69 Å². The zero-order valence-electron chi connectivity index (χ0n) is 13.7. The van der Waals surface area contributed by atoms with Crippen LogP contribution >= 0.6 is 0 Å². The number of pyridine rings is 2. The van der Waals surface area contributed by atoms with Gasteiger partial charge in [0.25, 0.3) is 0 Å². The number of nitrogens with one attached hydrogen (secondary N) is 1. The van der Waals surface area contributed by atoms with E-state index in [1.54, 1.807) is 32.7 Å². The standard InChI is InChI=1S/C19H14N4O2/c1-24-17-4-3-11(6-18(17)25-2)12-5-15-14-7-13(8-20)21-10-16(14)23-19(15)22-9-12/h3-7,9-10H,1-2H3,(H,22,23). The zero-order chi connectivity index (χ0) is 17.4. The third-order valence-corrected chi connectivity index (χ3v) is 4.17. The second kappa shape index (κ2) is 5.80. The molecule has 6 nitrogen and oxygen atoms in total. The Hall–Kier alpha value is -3.59. The van der Waals surface area contributed by atoms with E-state index in [1.807, 2.05) is 24.3 Å². The Kier molecular flexibility index (Phi) is 3.47. The van der Waals surface area contributed by atoms with Gasteiger partial charge >= 0.3 is 0 Å². The average molecular weight is 330 g/mol. The van der Waals surface area contributed by atoms with Crippen molar-refractivity contribution in [2.45, 2.75) is 0 Å². The summed E-state index contributed by atoms with van der Waals surface area (Å²) in [5, 5.41) is 11.0. The van der Waals surface area contributed by atoms with Gasteiger partial charge in [-0.2, -0.15) is 5.26 Å². The first-order valence-electron chi connectivity index (χ1n) is 7.63. The van der Waals surface area contributed by atoms with Crippen LogP contribution in [0.2, 0.25) is 0 Å². The van der Waals surface area contributed by atoms with Gasteiger partial charge in [0.05, 0.1) is 25.9 Å². The van der Waals surface area contributed by atoms with Gasteiger partial charge in [0.1, 0.15) is 17.4 Å². The highest BCUT2D eigenvalue weighted by Gasteiger charge is 2.11. The molecule has 0 aliphatic carbocycles. The van der Waals surface area contributed by atoms with Crippen molar-refractivity contribution < 1.29 is 9.47 Å². The number of rotatable bonds is 3. The van der Waals surface area contributed by atoms with Crippen molar-refractivity contribution in [2.24, 2.45) is 0 Å². The fraction of sp³-hybridized carbons (Fsp3) is 0.105. The average Bonchev–Trinajstić information content (AvgIpc) is 3.04. The van der Waals surface area contributed by atoms with Crippen molar-refractivity contribution in [1.82, 2.24) is 15.0 Å². The van der Waals surface area contributed by atoms with E-state index in [-0.39, 0.29) is 0 Å². The predicted octanol–water partition coefficient (Wildman–Crippen LogP) is 3.67. The molecule has 0 atom stereocenters. The number of aromatic amines is 1. The molecule has 0 aliphatic heterocycles. The molecule has 1 aromatic carbocycles. The number of hydrogen-bond donors (Lipinski definition) is 1. The van der Waals surface area contributed by atoms with Gasteiger partial charge < -0.3 is 14.5 Å². The van der Waals surface area contributed by atoms with Gasteiger partial charge in [-0.3, -0.25) is 0 Å². The van der Waals surface area contributed by atoms with E-state index in [4.69, 9.17) is 14.7 Å². The Morgan fingerprint density at radius 3 is 2.52 bits per heavy atom. The maximum absolute atomic E-state index is 9.08. The van der Waals surface area contributed by atoms with Crippen LogP contribution in [0.15, 0.2) is 42.7 Å². The minimum Gasteiger partial charge on any atom is -0.493 e. The minimum absolute atomic E-state index is 0.380. The lowest BCUT2D eigenvalue weighted by molar-refractivity contribution is 0.355. The first-order chi connectivity index (χ1) is 12.2. The molecule has 122 valence electrons. The van der Waals surface area contributed by atoms with Gasteiger partial charge in [-0.1, -0.05) is 6.07 Å². The highest BCUT2D eigenvalue weighted by molar-refractivity contribution is 6.07. The molecule has 4 aromatic rings. The smallest absolute Gasteiger partial charge is 0.161 e. The van der Waals surface area contributed by atoms with E-state index < -0.39 is 0 Å². The largest absolute Gasteiger partial charge is 0.493 e. The SMILES string of the molecule is COc1ccc(-c2cnc3[nH]c4cnc(C#N)cc4c3c2)cc1OC. The van der Waals surface area contributed by atoms with E-state index in [1.165, 1.54) is 0 Å². The van der Waals surface area contributed by atoms with Crippen LogP contribution in [-0.2, 0) is 0 Å². The molecule has 0 fully saturated rings. The first kappa shape index (κ1) is 15.0. The number of fused-ring (bicyclic) bond motifs is 3. The molecule has 4 rings (SSSR count). The quantitative estimate of drug-likeness (QED) is 0.619. The molecule has 6 heteroatoms.